The maximum atomic E-state index is 12.7. The van der Waals surface area contributed by atoms with Crippen molar-refractivity contribution in [3.8, 4) is 0 Å². The fourth-order valence-corrected chi connectivity index (χ4v) is 2.91. The van der Waals surface area contributed by atoms with Crippen LogP contribution in [0, 0.1) is 5.92 Å². The lowest BCUT2D eigenvalue weighted by Crippen LogP contribution is -2.64. The summed E-state index contributed by atoms with van der Waals surface area (Å²) >= 11 is 0. The molecule has 2 rings (SSSR count). The SMILES string of the molecule is COCC(C(=O)O)(C(C)C)N(C(=O)OCc1ccccc1)C1CC1. The van der Waals surface area contributed by atoms with Crippen LogP contribution in [0.5, 0.6) is 0 Å². The Hall–Kier alpha value is -2.08. The molecule has 1 amide bonds. The minimum absolute atomic E-state index is 0.0725. The number of carbonyl (C=O) groups excluding carboxylic acids is 1. The summed E-state index contributed by atoms with van der Waals surface area (Å²) in [5, 5.41) is 9.88. The Morgan fingerprint density at radius 2 is 1.92 bits per heavy atom. The number of ether oxygens (including phenoxy) is 2. The number of carboxylic acids is 1. The number of carbonyl (C=O) groups is 2. The number of benzene rings is 1. The maximum Gasteiger partial charge on any atom is 0.411 e. The summed E-state index contributed by atoms with van der Waals surface area (Å²) in [4.78, 5) is 26.2. The largest absolute Gasteiger partial charge is 0.479 e. The molecule has 132 valence electrons. The first kappa shape index (κ1) is 18.3. The number of hydrogen-bond donors (Lipinski definition) is 1. The van der Waals surface area contributed by atoms with Crippen molar-refractivity contribution in [2.45, 2.75) is 44.9 Å². The molecule has 24 heavy (non-hydrogen) atoms. The molecule has 0 spiro atoms. The van der Waals surface area contributed by atoms with Gasteiger partial charge >= 0.3 is 12.1 Å². The Labute approximate surface area is 142 Å². The molecule has 6 heteroatoms. The first-order chi connectivity index (χ1) is 11.4. The second kappa shape index (κ2) is 7.66. The molecular formula is C18H25NO5. The number of aliphatic carboxylic acids is 1. The molecule has 0 bridgehead atoms. The third-order valence-corrected chi connectivity index (χ3v) is 4.43. The number of methoxy groups -OCH3 is 1. The van der Waals surface area contributed by atoms with Crippen molar-refractivity contribution in [3.05, 3.63) is 35.9 Å². The quantitative estimate of drug-likeness (QED) is 0.790. The van der Waals surface area contributed by atoms with Crippen molar-refractivity contribution in [1.82, 2.24) is 4.90 Å². The highest BCUT2D eigenvalue weighted by molar-refractivity contribution is 5.85. The van der Waals surface area contributed by atoms with E-state index in [9.17, 15) is 14.7 Å². The molecule has 1 fully saturated rings. The van der Waals surface area contributed by atoms with Gasteiger partial charge in [-0.1, -0.05) is 44.2 Å². The van der Waals surface area contributed by atoms with Crippen LogP contribution < -0.4 is 0 Å². The monoisotopic (exact) mass is 335 g/mol. The van der Waals surface area contributed by atoms with Crippen LogP contribution in [-0.4, -0.2) is 47.4 Å². The van der Waals surface area contributed by atoms with E-state index in [2.05, 4.69) is 0 Å². The average molecular weight is 335 g/mol. The van der Waals surface area contributed by atoms with Gasteiger partial charge in [0.2, 0.25) is 0 Å². The number of carboxylic acid groups (broad SMARTS) is 1. The van der Waals surface area contributed by atoms with E-state index in [-0.39, 0.29) is 25.2 Å². The van der Waals surface area contributed by atoms with Gasteiger partial charge in [-0.15, -0.1) is 0 Å². The molecule has 0 heterocycles. The topological polar surface area (TPSA) is 76.1 Å². The first-order valence-corrected chi connectivity index (χ1v) is 8.15. The highest BCUT2D eigenvalue weighted by atomic mass is 16.6. The smallest absolute Gasteiger partial charge is 0.411 e. The molecule has 1 N–H and O–H groups in total. The lowest BCUT2D eigenvalue weighted by atomic mass is 9.85. The Kier molecular flexibility index (Phi) is 5.83. The minimum atomic E-state index is -1.43. The summed E-state index contributed by atoms with van der Waals surface area (Å²) in [7, 11) is 1.44. The number of hydrogen-bond acceptors (Lipinski definition) is 4. The van der Waals surface area contributed by atoms with Crippen LogP contribution in [0.3, 0.4) is 0 Å². The standard InChI is InChI=1S/C18H25NO5/c1-13(2)18(12-23-3,16(20)21)19(15-9-10-15)17(22)24-11-14-7-5-4-6-8-14/h4-8,13,15H,9-12H2,1-3H3,(H,20,21). The van der Waals surface area contributed by atoms with Gasteiger partial charge in [-0.3, -0.25) is 4.90 Å². The third kappa shape index (κ3) is 3.70. The Balaban J connectivity index is 2.22. The van der Waals surface area contributed by atoms with Crippen LogP contribution in [0.15, 0.2) is 30.3 Å². The van der Waals surface area contributed by atoms with Gasteiger partial charge in [0.1, 0.15) is 6.61 Å². The van der Waals surface area contributed by atoms with Gasteiger partial charge in [0.25, 0.3) is 0 Å². The molecule has 0 radical (unpaired) electrons. The first-order valence-electron chi connectivity index (χ1n) is 8.15. The lowest BCUT2D eigenvalue weighted by molar-refractivity contribution is -0.159. The molecule has 1 aliphatic carbocycles. The van der Waals surface area contributed by atoms with Crippen molar-refractivity contribution in [1.29, 1.82) is 0 Å². The molecule has 1 aromatic carbocycles. The van der Waals surface area contributed by atoms with Gasteiger partial charge < -0.3 is 14.6 Å². The van der Waals surface area contributed by atoms with E-state index in [4.69, 9.17) is 9.47 Å². The van der Waals surface area contributed by atoms with E-state index in [1.807, 2.05) is 30.3 Å². The number of rotatable bonds is 8. The molecule has 1 unspecified atom stereocenters. The van der Waals surface area contributed by atoms with Gasteiger partial charge in [0, 0.05) is 13.2 Å². The predicted molar refractivity (Wildman–Crippen MR) is 88.6 cm³/mol. The molecular weight excluding hydrogens is 310 g/mol. The van der Waals surface area contributed by atoms with Gasteiger partial charge in [-0.25, -0.2) is 9.59 Å². The van der Waals surface area contributed by atoms with Crippen molar-refractivity contribution >= 4 is 12.1 Å². The Morgan fingerprint density at radius 1 is 1.29 bits per heavy atom. The van der Waals surface area contributed by atoms with Crippen molar-refractivity contribution in [2.75, 3.05) is 13.7 Å². The van der Waals surface area contributed by atoms with E-state index in [1.54, 1.807) is 13.8 Å². The third-order valence-electron chi connectivity index (χ3n) is 4.43. The number of nitrogens with zero attached hydrogens (tertiary/aromatic N) is 1. The van der Waals surface area contributed by atoms with E-state index < -0.39 is 17.6 Å². The van der Waals surface area contributed by atoms with Crippen LogP contribution >= 0.6 is 0 Å². The van der Waals surface area contributed by atoms with Crippen LogP contribution in [0.4, 0.5) is 4.79 Å². The lowest BCUT2D eigenvalue weighted by Gasteiger charge is -2.42. The second-order valence-corrected chi connectivity index (χ2v) is 6.46. The van der Waals surface area contributed by atoms with Crippen molar-refractivity contribution in [3.63, 3.8) is 0 Å². The van der Waals surface area contributed by atoms with E-state index in [0.717, 1.165) is 18.4 Å². The summed E-state index contributed by atoms with van der Waals surface area (Å²) in [5.74, 6) is -1.39. The molecule has 1 atom stereocenters. The molecule has 1 aliphatic rings. The highest BCUT2D eigenvalue weighted by Crippen LogP contribution is 2.38. The van der Waals surface area contributed by atoms with Crippen molar-refractivity contribution < 1.29 is 24.2 Å². The normalized spacial score (nSPS) is 16.5. The molecule has 0 aliphatic heterocycles. The van der Waals surface area contributed by atoms with Crippen molar-refractivity contribution in [2.24, 2.45) is 5.92 Å². The highest BCUT2D eigenvalue weighted by Gasteiger charge is 2.55. The van der Waals surface area contributed by atoms with Gasteiger partial charge in [-0.2, -0.15) is 0 Å². The zero-order chi connectivity index (χ0) is 17.7. The van der Waals surface area contributed by atoms with Gasteiger partial charge in [0.05, 0.1) is 6.61 Å². The fourth-order valence-electron chi connectivity index (χ4n) is 2.91. The summed E-state index contributed by atoms with van der Waals surface area (Å²) in [5.41, 5.74) is -0.567. The molecule has 0 saturated heterocycles. The van der Waals surface area contributed by atoms with Crippen LogP contribution in [0.1, 0.15) is 32.3 Å². The fraction of sp³-hybridized carbons (Fsp3) is 0.556. The van der Waals surface area contributed by atoms with Gasteiger partial charge in [0.15, 0.2) is 5.54 Å². The molecule has 6 nitrogen and oxygen atoms in total. The van der Waals surface area contributed by atoms with E-state index in [0.29, 0.717) is 0 Å². The minimum Gasteiger partial charge on any atom is -0.479 e. The summed E-state index contributed by atoms with van der Waals surface area (Å²) in [6, 6.07) is 9.22. The van der Waals surface area contributed by atoms with Crippen LogP contribution in [-0.2, 0) is 20.9 Å². The maximum absolute atomic E-state index is 12.7. The van der Waals surface area contributed by atoms with E-state index in [1.165, 1.54) is 12.0 Å². The molecule has 1 aromatic rings. The second-order valence-electron chi connectivity index (χ2n) is 6.46. The van der Waals surface area contributed by atoms with Crippen LogP contribution in [0.2, 0.25) is 0 Å². The summed E-state index contributed by atoms with van der Waals surface area (Å²) < 4.78 is 10.6. The predicted octanol–water partition coefficient (Wildman–Crippen LogP) is 2.91. The molecule has 1 saturated carbocycles. The molecule has 0 aromatic heterocycles. The zero-order valence-electron chi connectivity index (χ0n) is 14.4. The zero-order valence-corrected chi connectivity index (χ0v) is 14.4. The summed E-state index contributed by atoms with van der Waals surface area (Å²) in [6.07, 6.45) is 0.965. The van der Waals surface area contributed by atoms with E-state index >= 15 is 0 Å². The Bertz CT molecular complexity index is 570. The van der Waals surface area contributed by atoms with Crippen LogP contribution in [0.25, 0.3) is 0 Å². The van der Waals surface area contributed by atoms with Gasteiger partial charge in [-0.05, 0) is 24.3 Å². The average Bonchev–Trinajstić information content (AvgIpc) is 3.37. The Morgan fingerprint density at radius 3 is 2.38 bits per heavy atom. The number of amides is 1. The summed E-state index contributed by atoms with van der Waals surface area (Å²) in [6.45, 7) is 3.61.